The lowest BCUT2D eigenvalue weighted by Gasteiger charge is -2.02. The molecule has 0 radical (unpaired) electrons. The van der Waals surface area contributed by atoms with Gasteiger partial charge in [0.25, 0.3) is 5.56 Å². The third kappa shape index (κ3) is 4.07. The predicted molar refractivity (Wildman–Crippen MR) is 120 cm³/mol. The number of pyridine rings is 1. The van der Waals surface area contributed by atoms with Crippen molar-refractivity contribution >= 4 is 32.8 Å². The molecule has 0 bridgehead atoms. The molecule has 5 rings (SSSR count). The highest BCUT2D eigenvalue weighted by Crippen LogP contribution is 2.39. The van der Waals surface area contributed by atoms with Crippen LogP contribution in [0.5, 0.6) is 0 Å². The van der Waals surface area contributed by atoms with Crippen molar-refractivity contribution in [3.05, 3.63) is 50.8 Å². The monoisotopic (exact) mass is 394 g/mol. The summed E-state index contributed by atoms with van der Waals surface area (Å²) in [5.74, 6) is 1.03. The van der Waals surface area contributed by atoms with Gasteiger partial charge in [-0.05, 0) is 55.9 Å². The highest BCUT2D eigenvalue weighted by molar-refractivity contribution is 7.19. The third-order valence-corrected chi connectivity index (χ3v) is 7.22. The van der Waals surface area contributed by atoms with Crippen LogP contribution in [0.1, 0.15) is 75.7 Å². The molecule has 148 valence electrons. The molecule has 0 N–H and O–H groups in total. The summed E-state index contributed by atoms with van der Waals surface area (Å²) in [4.78, 5) is 19.3. The Kier molecular flexibility index (Phi) is 5.68. The predicted octanol–water partition coefficient (Wildman–Crippen LogP) is 6.76. The Morgan fingerprint density at radius 2 is 1.89 bits per heavy atom. The van der Waals surface area contributed by atoms with E-state index in [2.05, 4.69) is 18.8 Å². The van der Waals surface area contributed by atoms with Crippen molar-refractivity contribution in [1.29, 1.82) is 0 Å². The molecule has 3 nitrogen and oxygen atoms in total. The number of aromatic nitrogens is 2. The van der Waals surface area contributed by atoms with Crippen molar-refractivity contribution in [3.63, 3.8) is 0 Å². The van der Waals surface area contributed by atoms with Crippen LogP contribution in [0.4, 0.5) is 0 Å². The van der Waals surface area contributed by atoms with Gasteiger partial charge < -0.3 is 0 Å². The van der Waals surface area contributed by atoms with E-state index in [0.29, 0.717) is 0 Å². The number of hydrogen-bond acceptors (Lipinski definition) is 3. The number of aryl methyl sites for hydroxylation is 1. The largest absolute Gasteiger partial charge is 0.268 e. The second kappa shape index (κ2) is 8.20. The first-order chi connectivity index (χ1) is 13.5. The van der Waals surface area contributed by atoms with E-state index in [1.165, 1.54) is 67.4 Å². The number of nitrogens with zero attached hydrogens (tertiary/aromatic N) is 2. The van der Waals surface area contributed by atoms with E-state index in [0.717, 1.165) is 27.3 Å². The van der Waals surface area contributed by atoms with Gasteiger partial charge in [0.15, 0.2) is 0 Å². The van der Waals surface area contributed by atoms with Crippen LogP contribution in [-0.2, 0) is 0 Å². The zero-order valence-corrected chi connectivity index (χ0v) is 18.1. The summed E-state index contributed by atoms with van der Waals surface area (Å²) >= 11 is 1.63. The molecule has 3 heterocycles. The van der Waals surface area contributed by atoms with Gasteiger partial charge in [0.05, 0.1) is 5.39 Å². The fourth-order valence-electron chi connectivity index (χ4n) is 4.04. The van der Waals surface area contributed by atoms with Crippen LogP contribution >= 0.6 is 11.3 Å². The van der Waals surface area contributed by atoms with E-state index < -0.39 is 0 Å². The van der Waals surface area contributed by atoms with Crippen molar-refractivity contribution in [1.82, 2.24) is 9.38 Å². The Labute approximate surface area is 171 Å². The molecule has 0 aromatic carbocycles. The minimum absolute atomic E-state index is 0.0322. The fourth-order valence-corrected chi connectivity index (χ4v) is 5.11. The number of hydrogen-bond donors (Lipinski definition) is 0. The first-order valence-electron chi connectivity index (χ1n) is 10.6. The zero-order chi connectivity index (χ0) is 19.7. The molecule has 0 spiro atoms. The van der Waals surface area contributed by atoms with Crippen molar-refractivity contribution in [2.75, 3.05) is 0 Å². The Hall–Kier alpha value is -1.94. The van der Waals surface area contributed by atoms with Crippen LogP contribution in [-0.4, -0.2) is 9.38 Å². The molecule has 28 heavy (non-hydrogen) atoms. The van der Waals surface area contributed by atoms with Gasteiger partial charge in [-0.2, -0.15) is 0 Å². The van der Waals surface area contributed by atoms with Crippen molar-refractivity contribution < 1.29 is 0 Å². The van der Waals surface area contributed by atoms with E-state index in [9.17, 15) is 4.79 Å². The normalized spacial score (nSPS) is 17.3. The summed E-state index contributed by atoms with van der Waals surface area (Å²) in [6.07, 6.45) is 13.1. The Bertz CT molecular complexity index is 1080. The summed E-state index contributed by atoms with van der Waals surface area (Å²) < 4.78 is 1.65. The number of allylic oxidation sites excluding steroid dienone is 2. The molecule has 0 amide bonds. The maximum Gasteiger partial charge on any atom is 0.266 e. The highest BCUT2D eigenvalue weighted by Gasteiger charge is 2.18. The molecule has 2 fully saturated rings. The molecular formula is C24H30N2OS. The lowest BCUT2D eigenvalue weighted by molar-refractivity contribution is 0.505. The summed E-state index contributed by atoms with van der Waals surface area (Å²) in [6.45, 7) is 6.51. The van der Waals surface area contributed by atoms with Gasteiger partial charge in [-0.3, -0.25) is 9.20 Å². The van der Waals surface area contributed by atoms with Gasteiger partial charge in [-0.15, -0.1) is 11.3 Å². The van der Waals surface area contributed by atoms with Crippen molar-refractivity contribution in [3.8, 4) is 0 Å². The zero-order valence-electron chi connectivity index (χ0n) is 17.3. The smallest absolute Gasteiger partial charge is 0.266 e. The van der Waals surface area contributed by atoms with E-state index in [-0.39, 0.29) is 5.56 Å². The molecule has 0 atom stereocenters. The van der Waals surface area contributed by atoms with Crippen LogP contribution in [0.3, 0.4) is 0 Å². The molecule has 2 aliphatic carbocycles. The fraction of sp³-hybridized carbons (Fsp3) is 0.500. The van der Waals surface area contributed by atoms with Gasteiger partial charge in [0.2, 0.25) is 0 Å². The van der Waals surface area contributed by atoms with Crippen LogP contribution in [0.15, 0.2) is 34.8 Å². The Balaban J connectivity index is 0.000000203. The van der Waals surface area contributed by atoms with Gasteiger partial charge in [0, 0.05) is 11.1 Å². The SMILES string of the molecule is CC(=C1CC1)c1cc2c(=O)n3cccc(C)c3nc2s1.CC1CCCCCC1. The molecule has 2 aliphatic rings. The van der Waals surface area contributed by atoms with Crippen LogP contribution < -0.4 is 5.56 Å². The number of fused-ring (bicyclic) bond motifs is 2. The summed E-state index contributed by atoms with van der Waals surface area (Å²) in [5.41, 5.74) is 4.66. The van der Waals surface area contributed by atoms with Crippen LogP contribution in [0.25, 0.3) is 21.4 Å². The Morgan fingerprint density at radius 3 is 2.57 bits per heavy atom. The van der Waals surface area contributed by atoms with Gasteiger partial charge in [-0.1, -0.05) is 57.1 Å². The van der Waals surface area contributed by atoms with E-state index in [1.807, 2.05) is 25.1 Å². The second-order valence-electron chi connectivity index (χ2n) is 8.46. The molecule has 0 aliphatic heterocycles. The lowest BCUT2D eigenvalue weighted by Crippen LogP contribution is -2.14. The number of thiophene rings is 1. The van der Waals surface area contributed by atoms with E-state index in [1.54, 1.807) is 21.9 Å². The maximum absolute atomic E-state index is 12.6. The summed E-state index contributed by atoms with van der Waals surface area (Å²) in [6, 6.07) is 5.88. The minimum Gasteiger partial charge on any atom is -0.268 e. The van der Waals surface area contributed by atoms with Gasteiger partial charge in [0.1, 0.15) is 10.5 Å². The van der Waals surface area contributed by atoms with Crippen LogP contribution in [0.2, 0.25) is 0 Å². The quantitative estimate of drug-likeness (QED) is 0.427. The third-order valence-electron chi connectivity index (χ3n) is 6.08. The topological polar surface area (TPSA) is 34.4 Å². The molecule has 3 aromatic rings. The highest BCUT2D eigenvalue weighted by atomic mass is 32.1. The minimum atomic E-state index is 0.0322. The first kappa shape index (κ1) is 19.4. The average molecular weight is 395 g/mol. The van der Waals surface area contributed by atoms with Crippen LogP contribution in [0, 0.1) is 12.8 Å². The standard InChI is InChI=1S/C16H14N2OS.C8H16/c1-9-4-3-7-18-14(9)17-15-12(16(18)19)8-13(20-15)10(2)11-5-6-11;1-8-6-4-2-3-5-7-8/h3-4,7-8H,5-6H2,1-2H3;8H,2-7H2,1H3. The van der Waals surface area contributed by atoms with E-state index in [4.69, 9.17) is 0 Å². The molecule has 0 unspecified atom stereocenters. The molecule has 0 saturated heterocycles. The molecular weight excluding hydrogens is 364 g/mol. The maximum atomic E-state index is 12.6. The first-order valence-corrected chi connectivity index (χ1v) is 11.5. The van der Waals surface area contributed by atoms with Crippen molar-refractivity contribution in [2.45, 2.75) is 72.1 Å². The van der Waals surface area contributed by atoms with Gasteiger partial charge >= 0.3 is 0 Å². The summed E-state index contributed by atoms with van der Waals surface area (Å²) in [5, 5.41) is 0.730. The van der Waals surface area contributed by atoms with Crippen molar-refractivity contribution in [2.24, 2.45) is 5.92 Å². The second-order valence-corrected chi connectivity index (χ2v) is 9.49. The average Bonchev–Trinajstić information content (AvgIpc) is 3.48. The van der Waals surface area contributed by atoms with Gasteiger partial charge in [-0.25, -0.2) is 4.98 Å². The van der Waals surface area contributed by atoms with E-state index >= 15 is 0 Å². The lowest BCUT2D eigenvalue weighted by atomic mass is 10.0. The molecule has 3 aromatic heterocycles. The summed E-state index contributed by atoms with van der Waals surface area (Å²) in [7, 11) is 0. The molecule has 2 saturated carbocycles. The molecule has 4 heteroatoms. The Morgan fingerprint density at radius 1 is 1.18 bits per heavy atom. The number of rotatable bonds is 1.